The Balaban J connectivity index is 2.21. The molecule has 3 N–H and O–H groups in total. The number of rotatable bonds is 2. The van der Waals surface area contributed by atoms with E-state index in [0.717, 1.165) is 10.6 Å². The van der Waals surface area contributed by atoms with E-state index in [1.54, 1.807) is 12.3 Å². The number of nitrogens with two attached hydrogens (primary N) is 1. The Bertz CT molecular complexity index is 563. The predicted octanol–water partition coefficient (Wildman–Crippen LogP) is 2.59. The topological polar surface area (TPSA) is 68.0 Å². The van der Waals surface area contributed by atoms with E-state index in [9.17, 15) is 4.79 Å². The molecule has 1 amide bonds. The zero-order valence-electron chi connectivity index (χ0n) is 9.65. The van der Waals surface area contributed by atoms with E-state index >= 15 is 0 Å². The number of hydrogen-bond acceptors (Lipinski definition) is 4. The lowest BCUT2D eigenvalue weighted by atomic mass is 10.2. The maximum atomic E-state index is 11.9. The quantitative estimate of drug-likeness (QED) is 0.801. The highest BCUT2D eigenvalue weighted by molar-refractivity contribution is 7.13. The van der Waals surface area contributed by atoms with E-state index in [4.69, 9.17) is 5.73 Å². The van der Waals surface area contributed by atoms with Crippen LogP contribution in [-0.2, 0) is 0 Å². The number of nitrogens with one attached hydrogen (secondary N) is 1. The van der Waals surface area contributed by atoms with Crippen LogP contribution in [-0.4, -0.2) is 10.9 Å². The summed E-state index contributed by atoms with van der Waals surface area (Å²) in [7, 11) is 0. The molecular weight excluding hydrogens is 234 g/mol. The number of nitrogen functional groups attached to an aromatic ring is 1. The Labute approximate surface area is 103 Å². The number of nitrogens with zero attached hydrogens (tertiary/aromatic N) is 1. The van der Waals surface area contributed by atoms with Gasteiger partial charge in [-0.15, -0.1) is 11.3 Å². The van der Waals surface area contributed by atoms with Gasteiger partial charge in [-0.2, -0.15) is 0 Å². The van der Waals surface area contributed by atoms with Crippen molar-refractivity contribution in [1.29, 1.82) is 0 Å². The molecule has 2 rings (SSSR count). The number of amides is 1. The Morgan fingerprint density at radius 1 is 1.41 bits per heavy atom. The summed E-state index contributed by atoms with van der Waals surface area (Å²) < 4.78 is 0. The third-order valence-electron chi connectivity index (χ3n) is 2.30. The van der Waals surface area contributed by atoms with Gasteiger partial charge < -0.3 is 11.1 Å². The Hall–Kier alpha value is -1.88. The zero-order chi connectivity index (χ0) is 12.4. The van der Waals surface area contributed by atoms with Gasteiger partial charge in [0.05, 0.1) is 22.6 Å². The van der Waals surface area contributed by atoms with Crippen molar-refractivity contribution >= 4 is 28.6 Å². The monoisotopic (exact) mass is 247 g/mol. The maximum Gasteiger partial charge on any atom is 0.267 e. The number of thiazole rings is 1. The molecule has 0 fully saturated rings. The van der Waals surface area contributed by atoms with Gasteiger partial charge in [0.15, 0.2) is 0 Å². The average molecular weight is 247 g/mol. The molecule has 0 aliphatic carbocycles. The highest BCUT2D eigenvalue weighted by atomic mass is 32.1. The fourth-order valence-corrected chi connectivity index (χ4v) is 2.10. The van der Waals surface area contributed by atoms with E-state index < -0.39 is 0 Å². The molecule has 0 unspecified atom stereocenters. The molecule has 0 saturated carbocycles. The third kappa shape index (κ3) is 2.62. The van der Waals surface area contributed by atoms with Gasteiger partial charge in [-0.05, 0) is 31.5 Å². The molecule has 1 aromatic carbocycles. The fraction of sp³-hybridized carbons (Fsp3) is 0.167. The Morgan fingerprint density at radius 2 is 2.18 bits per heavy atom. The van der Waals surface area contributed by atoms with Gasteiger partial charge in [-0.1, -0.05) is 6.07 Å². The van der Waals surface area contributed by atoms with Crippen LogP contribution in [0.1, 0.15) is 20.2 Å². The van der Waals surface area contributed by atoms with Crippen LogP contribution in [0.5, 0.6) is 0 Å². The second-order valence-electron chi connectivity index (χ2n) is 3.79. The minimum Gasteiger partial charge on any atom is -0.397 e. The summed E-state index contributed by atoms with van der Waals surface area (Å²) in [6, 6.07) is 5.53. The van der Waals surface area contributed by atoms with E-state index in [2.05, 4.69) is 10.3 Å². The first-order valence-corrected chi connectivity index (χ1v) is 5.98. The summed E-state index contributed by atoms with van der Waals surface area (Å²) >= 11 is 1.36. The minimum atomic E-state index is -0.173. The fourth-order valence-electron chi connectivity index (χ4n) is 1.43. The van der Waals surface area contributed by atoms with Crippen molar-refractivity contribution in [1.82, 2.24) is 4.98 Å². The summed E-state index contributed by atoms with van der Waals surface area (Å²) in [5.74, 6) is -0.173. The van der Waals surface area contributed by atoms with Gasteiger partial charge in [0, 0.05) is 0 Å². The van der Waals surface area contributed by atoms with Crippen molar-refractivity contribution in [3.05, 3.63) is 39.8 Å². The standard InChI is InChI=1S/C12H13N3OS/c1-7-3-4-9(13)10(5-7)15-12(16)11-6-14-8(2)17-11/h3-6H,13H2,1-2H3,(H,15,16). The summed E-state index contributed by atoms with van der Waals surface area (Å²) in [6.07, 6.45) is 1.57. The maximum absolute atomic E-state index is 11.9. The van der Waals surface area contributed by atoms with Crippen LogP contribution in [0.4, 0.5) is 11.4 Å². The number of benzene rings is 1. The van der Waals surface area contributed by atoms with E-state index in [1.165, 1.54) is 11.3 Å². The number of anilines is 2. The molecule has 0 aliphatic heterocycles. The van der Waals surface area contributed by atoms with Crippen molar-refractivity contribution in [2.45, 2.75) is 13.8 Å². The molecule has 88 valence electrons. The summed E-state index contributed by atoms with van der Waals surface area (Å²) in [4.78, 5) is 16.5. The average Bonchev–Trinajstić information content (AvgIpc) is 2.70. The number of carbonyl (C=O) groups is 1. The van der Waals surface area contributed by atoms with Crippen LogP contribution in [0, 0.1) is 13.8 Å². The van der Waals surface area contributed by atoms with E-state index in [-0.39, 0.29) is 5.91 Å². The molecule has 1 aromatic heterocycles. The first kappa shape index (κ1) is 11.6. The number of aromatic nitrogens is 1. The van der Waals surface area contributed by atoms with Gasteiger partial charge in [0.25, 0.3) is 5.91 Å². The summed E-state index contributed by atoms with van der Waals surface area (Å²) in [5.41, 5.74) is 8.05. The van der Waals surface area contributed by atoms with Gasteiger partial charge in [0.1, 0.15) is 4.88 Å². The highest BCUT2D eigenvalue weighted by Gasteiger charge is 2.10. The Kier molecular flexibility index (Phi) is 3.10. The highest BCUT2D eigenvalue weighted by Crippen LogP contribution is 2.21. The van der Waals surface area contributed by atoms with Crippen molar-refractivity contribution in [2.75, 3.05) is 11.1 Å². The molecule has 0 atom stereocenters. The third-order valence-corrected chi connectivity index (χ3v) is 3.21. The van der Waals surface area contributed by atoms with E-state index in [1.807, 2.05) is 26.0 Å². The van der Waals surface area contributed by atoms with Crippen LogP contribution in [0.15, 0.2) is 24.4 Å². The first-order chi connectivity index (χ1) is 8.06. The minimum absolute atomic E-state index is 0.173. The van der Waals surface area contributed by atoms with Crippen molar-refractivity contribution in [3.8, 4) is 0 Å². The van der Waals surface area contributed by atoms with Crippen LogP contribution in [0.2, 0.25) is 0 Å². The van der Waals surface area contributed by atoms with Crippen LogP contribution >= 0.6 is 11.3 Å². The van der Waals surface area contributed by atoms with Crippen molar-refractivity contribution < 1.29 is 4.79 Å². The molecule has 0 aliphatic rings. The number of hydrogen-bond donors (Lipinski definition) is 2. The normalized spacial score (nSPS) is 10.2. The second-order valence-corrected chi connectivity index (χ2v) is 5.02. The van der Waals surface area contributed by atoms with Crippen LogP contribution < -0.4 is 11.1 Å². The molecule has 0 spiro atoms. The molecule has 0 saturated heterocycles. The first-order valence-electron chi connectivity index (χ1n) is 5.16. The molecule has 0 bridgehead atoms. The number of aryl methyl sites for hydroxylation is 2. The van der Waals surface area contributed by atoms with Crippen LogP contribution in [0.25, 0.3) is 0 Å². The molecule has 0 radical (unpaired) electrons. The van der Waals surface area contributed by atoms with E-state index in [0.29, 0.717) is 16.3 Å². The van der Waals surface area contributed by atoms with Gasteiger partial charge in [0.2, 0.25) is 0 Å². The molecule has 5 heteroatoms. The smallest absolute Gasteiger partial charge is 0.267 e. The molecular formula is C12H13N3OS. The number of carbonyl (C=O) groups excluding carboxylic acids is 1. The second kappa shape index (κ2) is 4.55. The van der Waals surface area contributed by atoms with Gasteiger partial charge in [-0.25, -0.2) is 4.98 Å². The lowest BCUT2D eigenvalue weighted by Gasteiger charge is -2.07. The summed E-state index contributed by atoms with van der Waals surface area (Å²) in [5, 5.41) is 3.66. The molecule has 17 heavy (non-hydrogen) atoms. The summed E-state index contributed by atoms with van der Waals surface area (Å²) in [6.45, 7) is 3.81. The van der Waals surface area contributed by atoms with Crippen molar-refractivity contribution in [3.63, 3.8) is 0 Å². The molecule has 1 heterocycles. The largest absolute Gasteiger partial charge is 0.397 e. The Morgan fingerprint density at radius 3 is 2.82 bits per heavy atom. The lowest BCUT2D eigenvalue weighted by Crippen LogP contribution is -2.11. The van der Waals surface area contributed by atoms with Gasteiger partial charge >= 0.3 is 0 Å². The SMILES string of the molecule is Cc1ccc(N)c(NC(=O)c2cnc(C)s2)c1. The van der Waals surface area contributed by atoms with Gasteiger partial charge in [-0.3, -0.25) is 4.79 Å². The molecule has 4 nitrogen and oxygen atoms in total. The van der Waals surface area contributed by atoms with Crippen LogP contribution in [0.3, 0.4) is 0 Å². The zero-order valence-corrected chi connectivity index (χ0v) is 10.5. The predicted molar refractivity (Wildman–Crippen MR) is 70.4 cm³/mol. The lowest BCUT2D eigenvalue weighted by molar-refractivity contribution is 0.103. The molecule has 2 aromatic rings. The van der Waals surface area contributed by atoms with Crippen molar-refractivity contribution in [2.24, 2.45) is 0 Å².